The molecule has 14 heavy (non-hydrogen) atoms. The summed E-state index contributed by atoms with van der Waals surface area (Å²) >= 11 is 0. The Kier molecular flexibility index (Phi) is 3.78. The molecule has 0 aromatic heterocycles. The van der Waals surface area contributed by atoms with Gasteiger partial charge in [0, 0.05) is 4.91 Å². The summed E-state index contributed by atoms with van der Waals surface area (Å²) in [5.41, 5.74) is 8.50. The van der Waals surface area contributed by atoms with Crippen molar-refractivity contribution in [2.75, 3.05) is 0 Å². The van der Waals surface area contributed by atoms with Crippen LogP contribution in [0.25, 0.3) is 10.4 Å². The van der Waals surface area contributed by atoms with Crippen LogP contribution >= 0.6 is 0 Å². The molecule has 4 nitrogen and oxygen atoms in total. The minimum atomic E-state index is -0.00352. The Balaban J connectivity index is 2.82. The second-order valence-electron chi connectivity index (χ2n) is 4.20. The molecule has 0 bridgehead atoms. The van der Waals surface area contributed by atoms with Crippen molar-refractivity contribution in [2.45, 2.75) is 52.4 Å². The maximum Gasteiger partial charge on any atom is 0.0665 e. The lowest BCUT2D eigenvalue weighted by Crippen LogP contribution is -2.46. The first-order valence-electron chi connectivity index (χ1n) is 5.31. The smallest absolute Gasteiger partial charge is 0.0665 e. The zero-order valence-corrected chi connectivity index (χ0v) is 9.34. The molecule has 5 atom stereocenters. The molecule has 0 unspecified atom stereocenters. The van der Waals surface area contributed by atoms with Crippen LogP contribution in [0.4, 0.5) is 0 Å². The number of ether oxygens (including phenoxy) is 1. The van der Waals surface area contributed by atoms with Gasteiger partial charge in [-0.05, 0) is 30.7 Å². The van der Waals surface area contributed by atoms with Crippen LogP contribution in [0, 0.1) is 11.8 Å². The summed E-state index contributed by atoms with van der Waals surface area (Å²) in [5.74, 6) is 0.855. The van der Waals surface area contributed by atoms with Gasteiger partial charge in [0.2, 0.25) is 0 Å². The SMILES string of the molecule is CC[C@H]1O[C@H](C)[C@H](C)[C@@H](C)[C@@H]1N=[N+]=[N-]. The first-order chi connectivity index (χ1) is 6.61. The molecule has 0 amide bonds. The normalized spacial score (nSPS) is 43.0. The van der Waals surface area contributed by atoms with Gasteiger partial charge in [0.1, 0.15) is 0 Å². The van der Waals surface area contributed by atoms with Crippen LogP contribution < -0.4 is 0 Å². The van der Waals surface area contributed by atoms with E-state index in [1.54, 1.807) is 0 Å². The van der Waals surface area contributed by atoms with Crippen LogP contribution in [-0.2, 0) is 4.74 Å². The highest BCUT2D eigenvalue weighted by atomic mass is 16.5. The molecule has 1 heterocycles. The quantitative estimate of drug-likeness (QED) is 0.381. The van der Waals surface area contributed by atoms with Crippen LogP contribution in [0.5, 0.6) is 0 Å². The predicted octanol–water partition coefficient (Wildman–Crippen LogP) is 3.13. The molecule has 1 aliphatic heterocycles. The molecule has 1 aliphatic rings. The van der Waals surface area contributed by atoms with Crippen LogP contribution in [0.2, 0.25) is 0 Å². The van der Waals surface area contributed by atoms with E-state index in [0.29, 0.717) is 11.8 Å². The molecule has 0 aromatic carbocycles. The molecule has 1 saturated heterocycles. The summed E-state index contributed by atoms with van der Waals surface area (Å²) in [7, 11) is 0. The third-order valence-electron chi connectivity index (χ3n) is 3.47. The Morgan fingerprint density at radius 1 is 1.29 bits per heavy atom. The van der Waals surface area contributed by atoms with Gasteiger partial charge in [-0.25, -0.2) is 0 Å². The van der Waals surface area contributed by atoms with Crippen molar-refractivity contribution in [3.8, 4) is 0 Å². The third-order valence-corrected chi connectivity index (χ3v) is 3.47. The summed E-state index contributed by atoms with van der Waals surface area (Å²) in [5, 5.41) is 3.86. The van der Waals surface area contributed by atoms with Crippen LogP contribution in [-0.4, -0.2) is 18.2 Å². The summed E-state index contributed by atoms with van der Waals surface area (Å²) in [6, 6.07) is -0.00352. The highest BCUT2D eigenvalue weighted by Gasteiger charge is 2.37. The lowest BCUT2D eigenvalue weighted by atomic mass is 9.80. The lowest BCUT2D eigenvalue weighted by molar-refractivity contribution is -0.104. The Hall–Kier alpha value is -0.730. The van der Waals surface area contributed by atoms with E-state index in [1.165, 1.54) is 0 Å². The minimum absolute atomic E-state index is 0.00352. The topological polar surface area (TPSA) is 58.0 Å². The zero-order valence-electron chi connectivity index (χ0n) is 9.34. The molecule has 0 N–H and O–H groups in total. The van der Waals surface area contributed by atoms with Gasteiger partial charge in [0.25, 0.3) is 0 Å². The molecule has 1 fully saturated rings. The van der Waals surface area contributed by atoms with E-state index in [9.17, 15) is 0 Å². The van der Waals surface area contributed by atoms with Crippen molar-refractivity contribution >= 4 is 0 Å². The summed E-state index contributed by atoms with van der Waals surface area (Å²) in [6.07, 6.45) is 1.26. The van der Waals surface area contributed by atoms with E-state index in [-0.39, 0.29) is 18.2 Å². The van der Waals surface area contributed by atoms with Gasteiger partial charge in [-0.15, -0.1) is 0 Å². The monoisotopic (exact) mass is 197 g/mol. The second kappa shape index (κ2) is 4.67. The second-order valence-corrected chi connectivity index (χ2v) is 4.20. The van der Waals surface area contributed by atoms with E-state index in [2.05, 4.69) is 37.7 Å². The van der Waals surface area contributed by atoms with E-state index < -0.39 is 0 Å². The van der Waals surface area contributed by atoms with E-state index in [0.717, 1.165) is 6.42 Å². The maximum absolute atomic E-state index is 8.50. The summed E-state index contributed by atoms with van der Waals surface area (Å²) < 4.78 is 5.82. The lowest BCUT2D eigenvalue weighted by Gasteiger charge is -2.41. The minimum Gasteiger partial charge on any atom is -0.375 e. The van der Waals surface area contributed by atoms with E-state index in [4.69, 9.17) is 10.3 Å². The number of nitrogens with zero attached hydrogens (tertiary/aromatic N) is 3. The van der Waals surface area contributed by atoms with Crippen molar-refractivity contribution < 1.29 is 4.74 Å². The van der Waals surface area contributed by atoms with Crippen LogP contribution in [0.3, 0.4) is 0 Å². The number of hydrogen-bond acceptors (Lipinski definition) is 2. The molecular weight excluding hydrogens is 178 g/mol. The van der Waals surface area contributed by atoms with E-state index in [1.807, 2.05) is 0 Å². The van der Waals surface area contributed by atoms with Gasteiger partial charge in [-0.1, -0.05) is 25.9 Å². The van der Waals surface area contributed by atoms with Crippen molar-refractivity contribution in [3.05, 3.63) is 10.4 Å². The average Bonchev–Trinajstić information content (AvgIpc) is 2.19. The van der Waals surface area contributed by atoms with Crippen molar-refractivity contribution in [2.24, 2.45) is 17.0 Å². The molecule has 1 rings (SSSR count). The molecule has 80 valence electrons. The first kappa shape index (κ1) is 11.3. The Bertz CT molecular complexity index is 236. The van der Waals surface area contributed by atoms with Gasteiger partial charge < -0.3 is 4.74 Å². The molecular formula is C10H19N3O. The fourth-order valence-electron chi connectivity index (χ4n) is 2.13. The van der Waals surface area contributed by atoms with Gasteiger partial charge in [-0.3, -0.25) is 0 Å². The van der Waals surface area contributed by atoms with Crippen LogP contribution in [0.15, 0.2) is 5.11 Å². The van der Waals surface area contributed by atoms with Gasteiger partial charge in [0.15, 0.2) is 0 Å². The molecule has 0 radical (unpaired) electrons. The van der Waals surface area contributed by atoms with E-state index >= 15 is 0 Å². The molecule has 0 aliphatic carbocycles. The van der Waals surface area contributed by atoms with Crippen molar-refractivity contribution in [3.63, 3.8) is 0 Å². The zero-order chi connectivity index (χ0) is 10.7. The third kappa shape index (κ3) is 2.02. The molecule has 0 spiro atoms. The fourth-order valence-corrected chi connectivity index (χ4v) is 2.13. The average molecular weight is 197 g/mol. The molecule has 0 saturated carbocycles. The molecule has 0 aromatic rings. The first-order valence-corrected chi connectivity index (χ1v) is 5.31. The maximum atomic E-state index is 8.50. The Labute approximate surface area is 85.3 Å². The number of hydrogen-bond donors (Lipinski definition) is 0. The number of rotatable bonds is 2. The summed E-state index contributed by atoms with van der Waals surface area (Å²) in [6.45, 7) is 8.46. The van der Waals surface area contributed by atoms with Crippen molar-refractivity contribution in [1.29, 1.82) is 0 Å². The Morgan fingerprint density at radius 2 is 1.93 bits per heavy atom. The highest BCUT2D eigenvalue weighted by Crippen LogP contribution is 2.33. The molecule has 4 heteroatoms. The van der Waals surface area contributed by atoms with Crippen molar-refractivity contribution in [1.82, 2.24) is 0 Å². The van der Waals surface area contributed by atoms with Gasteiger partial charge in [0.05, 0.1) is 18.2 Å². The van der Waals surface area contributed by atoms with Gasteiger partial charge >= 0.3 is 0 Å². The number of azide groups is 1. The van der Waals surface area contributed by atoms with Gasteiger partial charge in [-0.2, -0.15) is 0 Å². The predicted molar refractivity (Wildman–Crippen MR) is 55.9 cm³/mol. The van der Waals surface area contributed by atoms with Crippen LogP contribution in [0.1, 0.15) is 34.1 Å². The largest absolute Gasteiger partial charge is 0.375 e. The standard InChI is InChI=1S/C10H19N3O/c1-5-9-10(12-13-11)7(3)6(2)8(4)14-9/h6-10H,5H2,1-4H3/t6-,7-,8-,9-,10+/m1/s1. The Morgan fingerprint density at radius 3 is 2.43 bits per heavy atom. The fraction of sp³-hybridized carbons (Fsp3) is 1.00. The summed E-state index contributed by atoms with van der Waals surface area (Å²) in [4.78, 5) is 2.91. The highest BCUT2D eigenvalue weighted by molar-refractivity contribution is 4.90.